The number of carbonyl (C=O) groups excluding carboxylic acids is 1. The molecule has 0 aromatic heterocycles. The summed E-state index contributed by atoms with van der Waals surface area (Å²) in [5, 5.41) is 0. The van der Waals surface area contributed by atoms with Crippen LogP contribution in [0.5, 0.6) is 0 Å². The minimum Gasteiger partial charge on any atom is -1.00 e. The second-order valence-electron chi connectivity index (χ2n) is 2.17. The van der Waals surface area contributed by atoms with Crippen molar-refractivity contribution in [3.8, 4) is 0 Å². The van der Waals surface area contributed by atoms with Gasteiger partial charge in [-0.1, -0.05) is 19.9 Å². The third kappa shape index (κ3) is 40.0. The molecular weight excluding hydrogens is 251 g/mol. The van der Waals surface area contributed by atoms with Crippen LogP contribution in [0.4, 0.5) is 0 Å². The summed E-state index contributed by atoms with van der Waals surface area (Å²) in [5.74, 6) is -0.330. The predicted molar refractivity (Wildman–Crippen MR) is 51.4 cm³/mol. The van der Waals surface area contributed by atoms with E-state index in [-0.39, 0.29) is 58.8 Å². The quantitative estimate of drug-likeness (QED) is 0.200. The van der Waals surface area contributed by atoms with Crippen molar-refractivity contribution < 1.29 is 79.9 Å². The molecule has 0 fully saturated rings. The number of carbonyl (C=O) groups is 1. The fourth-order valence-corrected chi connectivity index (χ4v) is 0.376. The van der Waals surface area contributed by atoms with Gasteiger partial charge in [0, 0.05) is 6.08 Å². The van der Waals surface area contributed by atoms with Crippen molar-refractivity contribution in [2.24, 2.45) is 0 Å². The normalized spacial score (nSPS) is 9.00. The van der Waals surface area contributed by atoms with Crippen molar-refractivity contribution in [2.75, 3.05) is 6.61 Å². The van der Waals surface area contributed by atoms with E-state index in [0.717, 1.165) is 12.8 Å². The molecule has 0 aromatic rings. The standard InChI is InChI=1S/C7H12O2.K.H2O4S.H/c1-3-5-6-9-7(8)4-2;;1-5(2,3)4;/h4H,2-3,5-6H2,1H3;;(H2,1,2,3,4);/q;+1;;-1. The number of unbranched alkanes of at least 4 members (excludes halogenated alkanes) is 1. The maximum Gasteiger partial charge on any atom is 1.00 e. The average Bonchev–Trinajstić information content (AvgIpc) is 2.01. The Labute approximate surface area is 134 Å². The van der Waals surface area contributed by atoms with E-state index in [2.05, 4.69) is 11.3 Å². The molecule has 6 nitrogen and oxygen atoms in total. The second kappa shape index (κ2) is 12.8. The van der Waals surface area contributed by atoms with E-state index in [9.17, 15) is 4.79 Å². The molecule has 0 heterocycles. The van der Waals surface area contributed by atoms with Crippen LogP contribution in [-0.2, 0) is 19.9 Å². The zero-order chi connectivity index (χ0) is 11.6. The average molecular weight is 266 g/mol. The monoisotopic (exact) mass is 266 g/mol. The molecule has 0 spiro atoms. The van der Waals surface area contributed by atoms with Gasteiger partial charge in [-0.3, -0.25) is 9.11 Å². The molecule has 86 valence electrons. The van der Waals surface area contributed by atoms with Crippen LogP contribution in [0.15, 0.2) is 12.7 Å². The summed E-state index contributed by atoms with van der Waals surface area (Å²) >= 11 is 0. The first kappa shape index (κ1) is 21.0. The third-order valence-corrected chi connectivity index (χ3v) is 0.909. The molecule has 0 radical (unpaired) electrons. The van der Waals surface area contributed by atoms with Gasteiger partial charge in [0.25, 0.3) is 0 Å². The minimum absolute atomic E-state index is 0. The zero-order valence-electron chi connectivity index (χ0n) is 9.84. The van der Waals surface area contributed by atoms with Crippen molar-refractivity contribution in [2.45, 2.75) is 19.8 Å². The topological polar surface area (TPSA) is 101 Å². The number of ether oxygens (including phenoxy) is 1. The van der Waals surface area contributed by atoms with Gasteiger partial charge in [0.15, 0.2) is 0 Å². The van der Waals surface area contributed by atoms with E-state index in [1.54, 1.807) is 0 Å². The summed E-state index contributed by atoms with van der Waals surface area (Å²) in [6.07, 6.45) is 3.15. The maximum absolute atomic E-state index is 10.3. The molecule has 8 heteroatoms. The Bertz CT molecular complexity index is 258. The van der Waals surface area contributed by atoms with Crippen LogP contribution in [0, 0.1) is 0 Å². The Morgan fingerprint density at radius 2 is 1.93 bits per heavy atom. The van der Waals surface area contributed by atoms with Crippen LogP contribution >= 0.6 is 0 Å². The van der Waals surface area contributed by atoms with E-state index in [1.165, 1.54) is 6.08 Å². The SMILES string of the molecule is C=CC(=O)OCCCC.O=S(=O)(O)O.[H-].[K+]. The van der Waals surface area contributed by atoms with E-state index in [4.69, 9.17) is 17.5 Å². The molecule has 0 saturated carbocycles. The maximum atomic E-state index is 10.3. The molecule has 0 bridgehead atoms. The van der Waals surface area contributed by atoms with Gasteiger partial charge in [0.05, 0.1) is 6.61 Å². The molecule has 0 unspecified atom stereocenters. The summed E-state index contributed by atoms with van der Waals surface area (Å²) in [6.45, 7) is 5.82. The Hall–Kier alpha value is 0.716. The molecule has 0 aliphatic rings. The summed E-state index contributed by atoms with van der Waals surface area (Å²) in [4.78, 5) is 10.3. The van der Waals surface area contributed by atoms with Crippen LogP contribution in [0.3, 0.4) is 0 Å². The van der Waals surface area contributed by atoms with E-state index in [1.807, 2.05) is 6.92 Å². The second-order valence-corrected chi connectivity index (χ2v) is 3.07. The molecular formula is C7H15KO6S. The van der Waals surface area contributed by atoms with Crippen LogP contribution in [0.1, 0.15) is 21.2 Å². The minimum atomic E-state index is -4.67. The molecule has 0 aliphatic heterocycles. The predicted octanol–water partition coefficient (Wildman–Crippen LogP) is -2.02. The van der Waals surface area contributed by atoms with Crippen molar-refractivity contribution in [3.05, 3.63) is 12.7 Å². The van der Waals surface area contributed by atoms with Gasteiger partial charge in [-0.05, 0) is 6.42 Å². The number of hydrogen-bond donors (Lipinski definition) is 2. The van der Waals surface area contributed by atoms with Crippen LogP contribution in [-0.4, -0.2) is 30.1 Å². The Kier molecular flexibility index (Phi) is 17.9. The zero-order valence-corrected chi connectivity index (χ0v) is 12.8. The molecule has 0 atom stereocenters. The third-order valence-electron chi connectivity index (χ3n) is 0.909. The molecule has 2 N–H and O–H groups in total. The van der Waals surface area contributed by atoms with Gasteiger partial charge < -0.3 is 6.16 Å². The van der Waals surface area contributed by atoms with Crippen LogP contribution in [0.2, 0.25) is 0 Å². The van der Waals surface area contributed by atoms with Gasteiger partial charge in [-0.2, -0.15) is 8.42 Å². The summed E-state index contributed by atoms with van der Waals surface area (Å²) in [6, 6.07) is 0. The van der Waals surface area contributed by atoms with E-state index < -0.39 is 10.4 Å². The summed E-state index contributed by atoms with van der Waals surface area (Å²) in [7, 11) is -4.67. The molecule has 0 saturated heterocycles. The fraction of sp³-hybridized carbons (Fsp3) is 0.571. The van der Waals surface area contributed by atoms with Crippen molar-refractivity contribution in [1.82, 2.24) is 0 Å². The van der Waals surface area contributed by atoms with Crippen LogP contribution in [0.25, 0.3) is 0 Å². The summed E-state index contributed by atoms with van der Waals surface area (Å²) < 4.78 is 36.3. The smallest absolute Gasteiger partial charge is 1.00 e. The Balaban J connectivity index is -0.0000000904. The summed E-state index contributed by atoms with van der Waals surface area (Å²) in [5.41, 5.74) is 0. The first-order valence-corrected chi connectivity index (χ1v) is 5.20. The first-order valence-electron chi connectivity index (χ1n) is 3.80. The largest absolute Gasteiger partial charge is 1.00 e. The fourth-order valence-electron chi connectivity index (χ4n) is 0.376. The number of rotatable bonds is 4. The van der Waals surface area contributed by atoms with Gasteiger partial charge in [0.2, 0.25) is 0 Å². The Morgan fingerprint density at radius 3 is 2.20 bits per heavy atom. The number of hydrogen-bond acceptors (Lipinski definition) is 4. The van der Waals surface area contributed by atoms with Gasteiger partial charge in [0.1, 0.15) is 0 Å². The first-order chi connectivity index (χ1) is 6.31. The van der Waals surface area contributed by atoms with E-state index in [0.29, 0.717) is 6.61 Å². The van der Waals surface area contributed by atoms with Crippen molar-refractivity contribution >= 4 is 16.4 Å². The van der Waals surface area contributed by atoms with Gasteiger partial charge in [-0.15, -0.1) is 0 Å². The van der Waals surface area contributed by atoms with Gasteiger partial charge in [-0.25, -0.2) is 4.79 Å². The molecule has 0 rings (SSSR count). The number of esters is 1. The van der Waals surface area contributed by atoms with E-state index >= 15 is 0 Å². The van der Waals surface area contributed by atoms with Crippen LogP contribution < -0.4 is 51.4 Å². The van der Waals surface area contributed by atoms with Crippen molar-refractivity contribution in [3.63, 3.8) is 0 Å². The van der Waals surface area contributed by atoms with Crippen molar-refractivity contribution in [1.29, 1.82) is 0 Å². The molecule has 0 amide bonds. The molecule has 0 aliphatic carbocycles. The molecule has 0 aromatic carbocycles. The Morgan fingerprint density at radius 1 is 1.53 bits per heavy atom. The molecule has 15 heavy (non-hydrogen) atoms. The van der Waals surface area contributed by atoms with Gasteiger partial charge >= 0.3 is 67.8 Å².